The number of esters is 2. The van der Waals surface area contributed by atoms with Crippen LogP contribution in [0.4, 0.5) is 0 Å². The molecular weight excluding hydrogens is 343 g/mol. The molecule has 10 heteroatoms. The zero-order valence-corrected chi connectivity index (χ0v) is 14.9. The number of ether oxygens (including phenoxy) is 3. The van der Waals surface area contributed by atoms with Crippen molar-refractivity contribution >= 4 is 25.3 Å². The Morgan fingerprint density at radius 2 is 1.67 bits per heavy atom. The lowest BCUT2D eigenvalue weighted by molar-refractivity contribution is -0.174. The van der Waals surface area contributed by atoms with E-state index in [0.717, 1.165) is 14.2 Å². The normalized spacial score (nSPS) is 29.0. The highest BCUT2D eigenvalue weighted by atomic mass is 31.2. The maximum atomic E-state index is 12.7. The minimum Gasteiger partial charge on any atom is -0.468 e. The average Bonchev–Trinajstić information content (AvgIpc) is 2.95. The van der Waals surface area contributed by atoms with Gasteiger partial charge in [-0.3, -0.25) is 18.9 Å². The first kappa shape index (κ1) is 19.1. The van der Waals surface area contributed by atoms with Crippen LogP contribution in [0.2, 0.25) is 0 Å². The van der Waals surface area contributed by atoms with Crippen LogP contribution in [0.1, 0.15) is 19.3 Å². The fraction of sp³-hybridized carbons (Fsp3) is 0.786. The number of fused-ring (bicyclic) bond motifs is 1. The van der Waals surface area contributed by atoms with Crippen LogP contribution in [0, 0.1) is 11.3 Å². The van der Waals surface area contributed by atoms with Crippen LogP contribution in [0.3, 0.4) is 0 Å². The van der Waals surface area contributed by atoms with Crippen LogP contribution in [-0.2, 0) is 42.2 Å². The first-order valence-corrected chi connectivity index (χ1v) is 8.98. The maximum absolute atomic E-state index is 12.7. The van der Waals surface area contributed by atoms with Crippen molar-refractivity contribution in [2.24, 2.45) is 11.3 Å². The highest BCUT2D eigenvalue weighted by Crippen LogP contribution is 2.58. The molecule has 0 N–H and O–H groups in total. The molecule has 0 aromatic rings. The molecule has 0 radical (unpaired) electrons. The molecule has 136 valence electrons. The second kappa shape index (κ2) is 6.92. The fourth-order valence-electron chi connectivity index (χ4n) is 3.40. The molecule has 1 saturated carbocycles. The highest BCUT2D eigenvalue weighted by Gasteiger charge is 2.61. The van der Waals surface area contributed by atoms with E-state index in [1.165, 1.54) is 14.2 Å². The molecule has 9 nitrogen and oxygen atoms in total. The van der Waals surface area contributed by atoms with Gasteiger partial charge in [-0.1, -0.05) is 0 Å². The van der Waals surface area contributed by atoms with Crippen molar-refractivity contribution in [1.29, 1.82) is 0 Å². The summed E-state index contributed by atoms with van der Waals surface area (Å²) in [5.74, 6) is -4.19. The number of carbonyl (C=O) groups excluding carboxylic acids is 3. The number of carbonyl (C=O) groups is 3. The molecule has 1 saturated heterocycles. The molecule has 1 heterocycles. The third-order valence-corrected chi connectivity index (χ3v) is 6.70. The fourth-order valence-corrected chi connectivity index (χ4v) is 4.74. The first-order chi connectivity index (χ1) is 11.3. The lowest BCUT2D eigenvalue weighted by atomic mass is 9.68. The van der Waals surface area contributed by atoms with E-state index >= 15 is 0 Å². The monoisotopic (exact) mass is 364 g/mol. The van der Waals surface area contributed by atoms with E-state index in [4.69, 9.17) is 23.3 Å². The van der Waals surface area contributed by atoms with Crippen molar-refractivity contribution in [3.05, 3.63) is 0 Å². The van der Waals surface area contributed by atoms with Gasteiger partial charge < -0.3 is 23.3 Å². The lowest BCUT2D eigenvalue weighted by Crippen LogP contribution is -2.48. The Bertz CT molecular complexity index is 563. The molecule has 24 heavy (non-hydrogen) atoms. The van der Waals surface area contributed by atoms with Crippen molar-refractivity contribution < 1.29 is 42.2 Å². The predicted octanol–water partition coefficient (Wildman–Crippen LogP) is 0.899. The summed E-state index contributed by atoms with van der Waals surface area (Å²) in [4.78, 5) is 37.0. The lowest BCUT2D eigenvalue weighted by Gasteiger charge is -2.36. The summed E-state index contributed by atoms with van der Waals surface area (Å²) in [6.07, 6.45) is -0.342. The van der Waals surface area contributed by atoms with E-state index in [1.807, 2.05) is 0 Å². The summed E-state index contributed by atoms with van der Waals surface area (Å²) in [7, 11) is 0.891. The number of Topliss-reactive ketones (excluding diaryl/α,β-unsaturated/α-hetero) is 1. The smallest absolute Gasteiger partial charge is 0.366 e. The SMILES string of the molecule is COC(=O)C1(C(=O)OC)CC[C@H]2OC(P(=O)(OC)OC)C(=O)[C@H]2C1. The Morgan fingerprint density at radius 3 is 2.12 bits per heavy atom. The van der Waals surface area contributed by atoms with Crippen LogP contribution in [0.25, 0.3) is 0 Å². The molecule has 3 atom stereocenters. The van der Waals surface area contributed by atoms with Crippen LogP contribution in [-0.4, -0.2) is 58.1 Å². The van der Waals surface area contributed by atoms with E-state index in [2.05, 4.69) is 0 Å². The molecular formula is C14H21O9P. The van der Waals surface area contributed by atoms with E-state index in [9.17, 15) is 18.9 Å². The molecule has 1 aliphatic heterocycles. The van der Waals surface area contributed by atoms with Crippen molar-refractivity contribution in [3.8, 4) is 0 Å². The number of rotatable bonds is 5. The number of ketones is 1. The summed E-state index contributed by atoms with van der Waals surface area (Å²) < 4.78 is 37.2. The number of hydrogen-bond acceptors (Lipinski definition) is 9. The van der Waals surface area contributed by atoms with E-state index < -0.39 is 48.6 Å². The summed E-state index contributed by atoms with van der Waals surface area (Å²) in [5, 5.41) is 0. The second-order valence-electron chi connectivity index (χ2n) is 5.75. The van der Waals surface area contributed by atoms with Crippen molar-refractivity contribution in [1.82, 2.24) is 0 Å². The predicted molar refractivity (Wildman–Crippen MR) is 79.1 cm³/mol. The Labute approximate surface area is 139 Å². The number of hydrogen-bond donors (Lipinski definition) is 0. The summed E-state index contributed by atoms with van der Waals surface area (Å²) in [6, 6.07) is 0. The minimum absolute atomic E-state index is 0.109. The minimum atomic E-state index is -3.77. The maximum Gasteiger partial charge on any atom is 0.366 e. The zero-order valence-electron chi connectivity index (χ0n) is 14.0. The van der Waals surface area contributed by atoms with E-state index in [0.29, 0.717) is 0 Å². The Morgan fingerprint density at radius 1 is 1.12 bits per heavy atom. The van der Waals surface area contributed by atoms with Gasteiger partial charge >= 0.3 is 19.5 Å². The van der Waals surface area contributed by atoms with Gasteiger partial charge in [0.2, 0.25) is 5.85 Å². The Kier molecular flexibility index (Phi) is 5.49. The first-order valence-electron chi connectivity index (χ1n) is 7.37. The summed E-state index contributed by atoms with van der Waals surface area (Å²) >= 11 is 0. The van der Waals surface area contributed by atoms with Gasteiger partial charge in [-0.05, 0) is 19.3 Å². The molecule has 0 spiro atoms. The summed E-state index contributed by atoms with van der Waals surface area (Å²) in [5.41, 5.74) is -1.57. The van der Waals surface area contributed by atoms with E-state index in [1.54, 1.807) is 0 Å². The molecule has 0 amide bonds. The van der Waals surface area contributed by atoms with Crippen molar-refractivity contribution in [3.63, 3.8) is 0 Å². The van der Waals surface area contributed by atoms with Crippen LogP contribution < -0.4 is 0 Å². The third kappa shape index (κ3) is 2.79. The standard InChI is InChI=1S/C14H21O9P/c1-19-12(16)14(13(17)20-2)6-5-9-8(7-14)10(15)11(23-9)24(18,21-3)22-4/h8-9,11H,5-7H2,1-4H3/t8-,9+,11?/m0/s1. The van der Waals surface area contributed by atoms with E-state index in [-0.39, 0.29) is 19.3 Å². The van der Waals surface area contributed by atoms with Crippen molar-refractivity contribution in [2.75, 3.05) is 28.4 Å². The average molecular weight is 364 g/mol. The Balaban J connectivity index is 2.33. The van der Waals surface area contributed by atoms with Gasteiger partial charge in [0.15, 0.2) is 11.2 Å². The van der Waals surface area contributed by atoms with Crippen molar-refractivity contribution in [2.45, 2.75) is 31.2 Å². The van der Waals surface area contributed by atoms with Gasteiger partial charge in [0, 0.05) is 20.1 Å². The largest absolute Gasteiger partial charge is 0.468 e. The van der Waals surface area contributed by atoms with Gasteiger partial charge in [-0.25, -0.2) is 0 Å². The van der Waals surface area contributed by atoms with Gasteiger partial charge in [0.05, 0.1) is 20.3 Å². The third-order valence-electron chi connectivity index (χ3n) is 4.73. The zero-order chi connectivity index (χ0) is 18.1. The number of methoxy groups -OCH3 is 2. The van der Waals surface area contributed by atoms with Crippen LogP contribution in [0.5, 0.6) is 0 Å². The quantitative estimate of drug-likeness (QED) is 0.398. The van der Waals surface area contributed by atoms with Gasteiger partial charge in [-0.2, -0.15) is 0 Å². The van der Waals surface area contributed by atoms with Gasteiger partial charge in [-0.15, -0.1) is 0 Å². The molecule has 2 aliphatic rings. The summed E-state index contributed by atoms with van der Waals surface area (Å²) in [6.45, 7) is 0. The molecule has 0 aromatic carbocycles. The molecule has 0 aromatic heterocycles. The molecule has 2 fully saturated rings. The molecule has 1 aliphatic carbocycles. The molecule has 0 bridgehead atoms. The van der Waals surface area contributed by atoms with Crippen LogP contribution in [0.15, 0.2) is 0 Å². The van der Waals surface area contributed by atoms with Crippen LogP contribution >= 0.6 is 7.60 Å². The molecule has 1 unspecified atom stereocenters. The molecule has 2 rings (SSSR count). The topological polar surface area (TPSA) is 114 Å². The van der Waals surface area contributed by atoms with Gasteiger partial charge in [0.1, 0.15) is 0 Å². The Hall–Kier alpha value is -1.28. The van der Waals surface area contributed by atoms with Gasteiger partial charge in [0.25, 0.3) is 0 Å². The second-order valence-corrected chi connectivity index (χ2v) is 8.03. The highest BCUT2D eigenvalue weighted by molar-refractivity contribution is 7.55.